The molecule has 0 unspecified atom stereocenters. The number of hydrogen-bond acceptors (Lipinski definition) is 3. The molecule has 0 aliphatic heterocycles. The van der Waals surface area contributed by atoms with E-state index in [0.717, 1.165) is 35.6 Å². The van der Waals surface area contributed by atoms with Crippen molar-refractivity contribution >= 4 is 11.5 Å². The number of allylic oxidation sites excluding steroid dienone is 1. The fourth-order valence-corrected chi connectivity index (χ4v) is 2.35. The van der Waals surface area contributed by atoms with E-state index in [1.54, 1.807) is 0 Å². The van der Waals surface area contributed by atoms with E-state index in [4.69, 9.17) is 4.74 Å². The van der Waals surface area contributed by atoms with Crippen molar-refractivity contribution in [3.05, 3.63) is 66.4 Å². The van der Waals surface area contributed by atoms with Crippen LogP contribution in [0.25, 0.3) is 0 Å². The van der Waals surface area contributed by atoms with Crippen LogP contribution < -0.4 is 10.1 Å². The van der Waals surface area contributed by atoms with Gasteiger partial charge in [-0.25, -0.2) is 0 Å². The first-order chi connectivity index (χ1) is 10.3. The van der Waals surface area contributed by atoms with Gasteiger partial charge in [0.25, 0.3) is 0 Å². The van der Waals surface area contributed by atoms with Crippen molar-refractivity contribution in [1.82, 2.24) is 0 Å². The molecule has 0 bridgehead atoms. The maximum absolute atomic E-state index is 11.6. The summed E-state index contributed by atoms with van der Waals surface area (Å²) in [6.07, 6.45) is 4.28. The first-order valence-electron chi connectivity index (χ1n) is 7.13. The zero-order chi connectivity index (χ0) is 14.5. The van der Waals surface area contributed by atoms with Gasteiger partial charge in [-0.3, -0.25) is 4.79 Å². The van der Waals surface area contributed by atoms with Crippen LogP contribution >= 0.6 is 0 Å². The van der Waals surface area contributed by atoms with Crippen LogP contribution in [-0.2, 0) is 4.79 Å². The van der Waals surface area contributed by atoms with Crippen LogP contribution in [0.4, 0.5) is 5.69 Å². The maximum Gasteiger partial charge on any atom is 0.160 e. The minimum atomic E-state index is 0.240. The third kappa shape index (κ3) is 3.31. The average molecular weight is 279 g/mol. The largest absolute Gasteiger partial charge is 0.455 e. The Morgan fingerprint density at radius 3 is 2.48 bits per heavy atom. The number of ether oxygens (including phenoxy) is 1. The zero-order valence-corrected chi connectivity index (χ0v) is 11.7. The molecule has 0 aromatic heterocycles. The average Bonchev–Trinajstić information content (AvgIpc) is 2.93. The van der Waals surface area contributed by atoms with Crippen LogP contribution in [0.1, 0.15) is 19.3 Å². The molecule has 1 fully saturated rings. The molecular weight excluding hydrogens is 262 g/mol. The van der Waals surface area contributed by atoms with Gasteiger partial charge in [-0.2, -0.15) is 0 Å². The molecule has 1 saturated carbocycles. The van der Waals surface area contributed by atoms with Gasteiger partial charge in [0, 0.05) is 18.2 Å². The molecule has 3 heteroatoms. The normalized spacial score (nSPS) is 16.2. The van der Waals surface area contributed by atoms with Crippen molar-refractivity contribution in [3.8, 4) is 11.5 Å². The van der Waals surface area contributed by atoms with Crippen molar-refractivity contribution in [2.45, 2.75) is 19.3 Å². The summed E-state index contributed by atoms with van der Waals surface area (Å²) < 4.78 is 5.87. The third-order valence-corrected chi connectivity index (χ3v) is 3.47. The zero-order valence-electron chi connectivity index (χ0n) is 11.7. The lowest BCUT2D eigenvalue weighted by atomic mass is 10.2. The highest BCUT2D eigenvalue weighted by atomic mass is 16.5. The highest BCUT2D eigenvalue weighted by molar-refractivity contribution is 5.97. The van der Waals surface area contributed by atoms with Gasteiger partial charge in [0.05, 0.1) is 5.69 Å². The number of nitrogens with one attached hydrogen (secondary N) is 1. The van der Waals surface area contributed by atoms with Crippen LogP contribution in [0.3, 0.4) is 0 Å². The van der Waals surface area contributed by atoms with E-state index in [-0.39, 0.29) is 5.78 Å². The van der Waals surface area contributed by atoms with Gasteiger partial charge >= 0.3 is 0 Å². The summed E-state index contributed by atoms with van der Waals surface area (Å²) in [5.41, 5.74) is 1.72. The van der Waals surface area contributed by atoms with Crippen molar-refractivity contribution in [2.24, 2.45) is 0 Å². The SMILES string of the molecule is O=C1CCC/C1=C/Nc1ccccc1Oc1ccccc1. The molecule has 3 rings (SSSR count). The van der Waals surface area contributed by atoms with Crippen molar-refractivity contribution in [1.29, 1.82) is 0 Å². The number of para-hydroxylation sites is 3. The van der Waals surface area contributed by atoms with Crippen LogP contribution in [0.2, 0.25) is 0 Å². The molecule has 0 radical (unpaired) electrons. The highest BCUT2D eigenvalue weighted by Crippen LogP contribution is 2.30. The Hall–Kier alpha value is -2.55. The highest BCUT2D eigenvalue weighted by Gasteiger charge is 2.16. The van der Waals surface area contributed by atoms with Gasteiger partial charge < -0.3 is 10.1 Å². The Morgan fingerprint density at radius 2 is 1.71 bits per heavy atom. The van der Waals surface area contributed by atoms with E-state index >= 15 is 0 Å². The second-order valence-corrected chi connectivity index (χ2v) is 5.00. The van der Waals surface area contributed by atoms with Crippen LogP contribution in [0.5, 0.6) is 11.5 Å². The first-order valence-corrected chi connectivity index (χ1v) is 7.13. The summed E-state index contributed by atoms with van der Waals surface area (Å²) in [5, 5.41) is 3.20. The Morgan fingerprint density at radius 1 is 0.952 bits per heavy atom. The quantitative estimate of drug-likeness (QED) is 0.836. The number of ketones is 1. The summed E-state index contributed by atoms with van der Waals surface area (Å²) in [4.78, 5) is 11.6. The Bertz CT molecular complexity index is 662. The predicted octanol–water partition coefficient (Wildman–Crippen LogP) is 4.53. The fourth-order valence-electron chi connectivity index (χ4n) is 2.35. The number of carbonyl (C=O) groups excluding carboxylic acids is 1. The first kappa shape index (κ1) is 13.4. The van der Waals surface area contributed by atoms with Crippen molar-refractivity contribution in [3.63, 3.8) is 0 Å². The number of benzene rings is 2. The summed E-state index contributed by atoms with van der Waals surface area (Å²) >= 11 is 0. The number of Topliss-reactive ketones (excluding diaryl/α,β-unsaturated/α-hetero) is 1. The van der Waals surface area contributed by atoms with Crippen LogP contribution in [0, 0.1) is 0 Å². The minimum absolute atomic E-state index is 0.240. The van der Waals surface area contributed by atoms with Gasteiger partial charge in [0.1, 0.15) is 5.75 Å². The fraction of sp³-hybridized carbons (Fsp3) is 0.167. The summed E-state index contributed by atoms with van der Waals surface area (Å²) in [7, 11) is 0. The van der Waals surface area contributed by atoms with E-state index in [1.165, 1.54) is 0 Å². The second kappa shape index (κ2) is 6.27. The van der Waals surface area contributed by atoms with Crippen LogP contribution in [-0.4, -0.2) is 5.78 Å². The lowest BCUT2D eigenvalue weighted by Gasteiger charge is -2.11. The molecule has 21 heavy (non-hydrogen) atoms. The van der Waals surface area contributed by atoms with Crippen molar-refractivity contribution in [2.75, 3.05) is 5.32 Å². The minimum Gasteiger partial charge on any atom is -0.455 e. The summed E-state index contributed by atoms with van der Waals surface area (Å²) in [6.45, 7) is 0. The molecule has 0 atom stereocenters. The monoisotopic (exact) mass is 279 g/mol. The molecule has 2 aromatic rings. The molecule has 1 N–H and O–H groups in total. The van der Waals surface area contributed by atoms with Gasteiger partial charge in [-0.1, -0.05) is 30.3 Å². The molecule has 1 aliphatic rings. The van der Waals surface area contributed by atoms with E-state index in [9.17, 15) is 4.79 Å². The number of hydrogen-bond donors (Lipinski definition) is 1. The van der Waals surface area contributed by atoms with Gasteiger partial charge in [-0.05, 0) is 37.1 Å². The topological polar surface area (TPSA) is 38.3 Å². The smallest absolute Gasteiger partial charge is 0.160 e. The molecule has 1 aliphatic carbocycles. The molecule has 106 valence electrons. The van der Waals surface area contributed by atoms with E-state index in [2.05, 4.69) is 5.32 Å². The second-order valence-electron chi connectivity index (χ2n) is 5.00. The van der Waals surface area contributed by atoms with E-state index in [1.807, 2.05) is 60.8 Å². The number of carbonyl (C=O) groups is 1. The maximum atomic E-state index is 11.6. The summed E-state index contributed by atoms with van der Waals surface area (Å²) in [5.74, 6) is 1.77. The standard InChI is InChI=1S/C18H17NO2/c20-17-11-6-7-14(17)13-19-16-10-4-5-12-18(16)21-15-8-2-1-3-9-15/h1-5,8-10,12-13,19H,6-7,11H2/b14-13-. The number of rotatable bonds is 4. The Kier molecular flexibility index (Phi) is 4.01. The molecule has 3 nitrogen and oxygen atoms in total. The Balaban J connectivity index is 1.78. The molecule has 0 heterocycles. The van der Waals surface area contributed by atoms with Gasteiger partial charge in [0.2, 0.25) is 0 Å². The molecule has 0 amide bonds. The van der Waals surface area contributed by atoms with Gasteiger partial charge in [0.15, 0.2) is 11.5 Å². The van der Waals surface area contributed by atoms with E-state index in [0.29, 0.717) is 6.42 Å². The molecule has 0 saturated heterocycles. The Labute approximate surface area is 124 Å². The summed E-state index contributed by atoms with van der Waals surface area (Å²) in [6, 6.07) is 17.4. The molecule has 0 spiro atoms. The van der Waals surface area contributed by atoms with Crippen molar-refractivity contribution < 1.29 is 9.53 Å². The lowest BCUT2D eigenvalue weighted by Crippen LogP contribution is -1.98. The van der Waals surface area contributed by atoms with Crippen LogP contribution in [0.15, 0.2) is 66.4 Å². The third-order valence-electron chi connectivity index (χ3n) is 3.47. The molecule has 2 aromatic carbocycles. The number of anilines is 1. The van der Waals surface area contributed by atoms with Gasteiger partial charge in [-0.15, -0.1) is 0 Å². The molecular formula is C18H17NO2. The van der Waals surface area contributed by atoms with E-state index < -0.39 is 0 Å². The predicted molar refractivity (Wildman–Crippen MR) is 83.5 cm³/mol. The lowest BCUT2D eigenvalue weighted by molar-refractivity contribution is -0.114.